The van der Waals surface area contributed by atoms with Gasteiger partial charge in [0.15, 0.2) is 0 Å². The summed E-state index contributed by atoms with van der Waals surface area (Å²) in [6.07, 6.45) is 10.6. The lowest BCUT2D eigenvalue weighted by Gasteiger charge is -2.30. The first kappa shape index (κ1) is 21.3. The van der Waals surface area contributed by atoms with Crippen LogP contribution in [-0.4, -0.2) is 11.1 Å². The van der Waals surface area contributed by atoms with E-state index in [-0.39, 0.29) is 5.41 Å². The molecule has 0 saturated heterocycles. The number of carboxylic acids is 1. The maximum Gasteiger partial charge on any atom is 0.303 e. The van der Waals surface area contributed by atoms with E-state index in [0.29, 0.717) is 12.3 Å². The van der Waals surface area contributed by atoms with Gasteiger partial charge in [-0.2, -0.15) is 0 Å². The van der Waals surface area contributed by atoms with E-state index in [9.17, 15) is 4.79 Å². The Morgan fingerprint density at radius 2 is 1.80 bits per heavy atom. The van der Waals surface area contributed by atoms with Crippen molar-refractivity contribution in [2.45, 2.75) is 72.6 Å². The van der Waals surface area contributed by atoms with Crippen molar-refractivity contribution in [2.75, 3.05) is 0 Å². The van der Waals surface area contributed by atoms with Gasteiger partial charge in [-0.1, -0.05) is 45.8 Å². The highest BCUT2D eigenvalue weighted by atomic mass is 16.4. The summed E-state index contributed by atoms with van der Waals surface area (Å²) in [5, 5.41) is 8.99. The number of unbranched alkanes of at least 4 members (excludes halogenated alkanes) is 3. The minimum Gasteiger partial charge on any atom is -0.481 e. The maximum atomic E-state index is 10.9. The zero-order valence-electron chi connectivity index (χ0n) is 14.0. The predicted molar refractivity (Wildman–Crippen MR) is 89.0 cm³/mol. The summed E-state index contributed by atoms with van der Waals surface area (Å²) in [6.45, 7) is 15.4. The average molecular weight is 282 g/mol. The first-order valence-corrected chi connectivity index (χ1v) is 7.71. The Balaban J connectivity index is 0. The van der Waals surface area contributed by atoms with E-state index in [4.69, 9.17) is 5.11 Å². The molecule has 0 amide bonds. The molecule has 0 saturated carbocycles. The van der Waals surface area contributed by atoms with E-state index < -0.39 is 5.97 Å². The molecular formula is C18H34O2. The zero-order chi connectivity index (χ0) is 16.0. The third-order valence-electron chi connectivity index (χ3n) is 3.17. The Hall–Kier alpha value is -1.05. The van der Waals surface area contributed by atoms with E-state index in [1.165, 1.54) is 12.8 Å². The third kappa shape index (κ3) is 15.0. The normalized spacial score (nSPS) is 13.1. The number of rotatable bonds is 10. The second kappa shape index (κ2) is 13.0. The molecule has 0 aromatic rings. The van der Waals surface area contributed by atoms with Crippen LogP contribution in [0.5, 0.6) is 0 Å². The average Bonchev–Trinajstić information content (AvgIpc) is 2.27. The fraction of sp³-hybridized carbons (Fsp3) is 0.722. The molecule has 0 bridgehead atoms. The van der Waals surface area contributed by atoms with E-state index in [0.717, 1.165) is 25.7 Å². The molecule has 1 atom stereocenters. The van der Waals surface area contributed by atoms with Crippen LogP contribution in [0.3, 0.4) is 0 Å². The van der Waals surface area contributed by atoms with Gasteiger partial charge in [0.1, 0.15) is 0 Å². The standard InChI is InChI=1S/C15H28O2.C3H6/c1-5-6-7-8-9-10-15(4,11-13(2)3)12-14(16)17;1-3-2/h5,13H,1,6-12H2,2-4H3,(H,16,17);3H,1H2,2H3. The van der Waals surface area contributed by atoms with Crippen LogP contribution >= 0.6 is 0 Å². The molecule has 1 N–H and O–H groups in total. The lowest BCUT2D eigenvalue weighted by atomic mass is 9.75. The molecule has 0 rings (SSSR count). The van der Waals surface area contributed by atoms with E-state index in [2.05, 4.69) is 33.9 Å². The van der Waals surface area contributed by atoms with Gasteiger partial charge in [-0.15, -0.1) is 13.2 Å². The molecule has 1 unspecified atom stereocenters. The first-order chi connectivity index (χ1) is 9.31. The second-order valence-corrected chi connectivity index (χ2v) is 6.28. The van der Waals surface area contributed by atoms with Crippen LogP contribution < -0.4 is 0 Å². The molecule has 2 nitrogen and oxygen atoms in total. The largest absolute Gasteiger partial charge is 0.481 e. The molecule has 2 heteroatoms. The lowest BCUT2D eigenvalue weighted by molar-refractivity contribution is -0.139. The topological polar surface area (TPSA) is 37.3 Å². The number of hydrogen-bond donors (Lipinski definition) is 1. The predicted octanol–water partition coefficient (Wildman–Crippen LogP) is 5.84. The SMILES string of the molecule is C=CC.C=CCCCCCC(C)(CC(=O)O)CC(C)C. The van der Waals surface area contributed by atoms with Crippen molar-refractivity contribution in [2.24, 2.45) is 11.3 Å². The van der Waals surface area contributed by atoms with Gasteiger partial charge in [0.2, 0.25) is 0 Å². The molecule has 0 aliphatic carbocycles. The number of allylic oxidation sites excluding steroid dienone is 2. The van der Waals surface area contributed by atoms with Crippen molar-refractivity contribution in [3.63, 3.8) is 0 Å². The van der Waals surface area contributed by atoms with Crippen LogP contribution in [-0.2, 0) is 4.79 Å². The van der Waals surface area contributed by atoms with Gasteiger partial charge < -0.3 is 5.11 Å². The van der Waals surface area contributed by atoms with Crippen molar-refractivity contribution in [1.82, 2.24) is 0 Å². The van der Waals surface area contributed by atoms with Gasteiger partial charge in [-0.3, -0.25) is 4.79 Å². The van der Waals surface area contributed by atoms with E-state index in [1.54, 1.807) is 6.08 Å². The van der Waals surface area contributed by atoms with Crippen LogP contribution in [0.4, 0.5) is 0 Å². The van der Waals surface area contributed by atoms with Gasteiger partial charge in [0.05, 0.1) is 6.42 Å². The fourth-order valence-corrected chi connectivity index (χ4v) is 2.63. The van der Waals surface area contributed by atoms with Crippen molar-refractivity contribution in [3.05, 3.63) is 25.3 Å². The summed E-state index contributed by atoms with van der Waals surface area (Å²) in [5.74, 6) is -0.105. The molecule has 0 spiro atoms. The van der Waals surface area contributed by atoms with E-state index >= 15 is 0 Å². The Morgan fingerprint density at radius 3 is 2.20 bits per heavy atom. The fourth-order valence-electron chi connectivity index (χ4n) is 2.63. The van der Waals surface area contributed by atoms with Gasteiger partial charge in [-0.05, 0) is 43.9 Å². The lowest BCUT2D eigenvalue weighted by Crippen LogP contribution is -2.23. The summed E-state index contributed by atoms with van der Waals surface area (Å²) >= 11 is 0. The van der Waals surface area contributed by atoms with Gasteiger partial charge in [-0.25, -0.2) is 0 Å². The molecule has 0 radical (unpaired) electrons. The van der Waals surface area contributed by atoms with Crippen LogP contribution in [0.2, 0.25) is 0 Å². The summed E-state index contributed by atoms with van der Waals surface area (Å²) < 4.78 is 0. The number of aliphatic carboxylic acids is 1. The highest BCUT2D eigenvalue weighted by molar-refractivity contribution is 5.67. The Kier molecular flexibility index (Phi) is 13.8. The summed E-state index contributed by atoms with van der Waals surface area (Å²) in [6, 6.07) is 0. The van der Waals surface area contributed by atoms with Crippen molar-refractivity contribution in [1.29, 1.82) is 0 Å². The number of carboxylic acid groups (broad SMARTS) is 1. The van der Waals surface area contributed by atoms with Crippen molar-refractivity contribution in [3.8, 4) is 0 Å². The molecular weight excluding hydrogens is 248 g/mol. The van der Waals surface area contributed by atoms with Crippen LogP contribution in [0.1, 0.15) is 72.6 Å². The molecule has 0 aromatic carbocycles. The zero-order valence-corrected chi connectivity index (χ0v) is 14.0. The van der Waals surface area contributed by atoms with Crippen molar-refractivity contribution >= 4 is 5.97 Å². The molecule has 0 fully saturated rings. The summed E-state index contributed by atoms with van der Waals surface area (Å²) in [5.41, 5.74) is -0.0336. The Morgan fingerprint density at radius 1 is 1.25 bits per heavy atom. The van der Waals surface area contributed by atoms with E-state index in [1.807, 2.05) is 13.0 Å². The number of carbonyl (C=O) groups is 1. The Labute approximate surface area is 126 Å². The third-order valence-corrected chi connectivity index (χ3v) is 3.17. The highest BCUT2D eigenvalue weighted by Crippen LogP contribution is 2.35. The first-order valence-electron chi connectivity index (χ1n) is 7.71. The summed E-state index contributed by atoms with van der Waals surface area (Å²) in [7, 11) is 0. The smallest absolute Gasteiger partial charge is 0.303 e. The quantitative estimate of drug-likeness (QED) is 0.403. The number of hydrogen-bond acceptors (Lipinski definition) is 1. The molecule has 0 aromatic heterocycles. The van der Waals surface area contributed by atoms with Crippen LogP contribution in [0, 0.1) is 11.3 Å². The van der Waals surface area contributed by atoms with Crippen LogP contribution in [0.25, 0.3) is 0 Å². The molecule has 20 heavy (non-hydrogen) atoms. The van der Waals surface area contributed by atoms with Gasteiger partial charge in [0, 0.05) is 0 Å². The molecule has 118 valence electrons. The van der Waals surface area contributed by atoms with Gasteiger partial charge in [0.25, 0.3) is 0 Å². The molecule has 0 aliphatic heterocycles. The second-order valence-electron chi connectivity index (χ2n) is 6.28. The van der Waals surface area contributed by atoms with Crippen LogP contribution in [0.15, 0.2) is 25.3 Å². The van der Waals surface area contributed by atoms with Gasteiger partial charge >= 0.3 is 5.97 Å². The monoisotopic (exact) mass is 282 g/mol. The minimum atomic E-state index is -0.667. The summed E-state index contributed by atoms with van der Waals surface area (Å²) in [4.78, 5) is 10.9. The minimum absolute atomic E-state index is 0.0336. The molecule has 0 aliphatic rings. The maximum absolute atomic E-state index is 10.9. The van der Waals surface area contributed by atoms with Crippen molar-refractivity contribution < 1.29 is 9.90 Å². The highest BCUT2D eigenvalue weighted by Gasteiger charge is 2.27. The Bertz CT molecular complexity index is 269. The molecule has 0 heterocycles.